The minimum Gasteiger partial charge on any atom is -0.275 e. The SMILES string of the molecule is C=C1CC(CC(C)C)N(C(=O)C(C)(C)C)C1=O. The molecule has 0 aliphatic carbocycles. The zero-order chi connectivity index (χ0) is 13.4. The molecule has 96 valence electrons. The topological polar surface area (TPSA) is 37.4 Å². The molecule has 0 N–H and O–H groups in total. The maximum Gasteiger partial charge on any atom is 0.256 e. The number of rotatable bonds is 2. The van der Waals surface area contributed by atoms with Crippen LogP contribution < -0.4 is 0 Å². The molecule has 0 saturated carbocycles. The van der Waals surface area contributed by atoms with E-state index < -0.39 is 5.41 Å². The number of hydrogen-bond acceptors (Lipinski definition) is 2. The van der Waals surface area contributed by atoms with E-state index in [0.29, 0.717) is 17.9 Å². The van der Waals surface area contributed by atoms with Crippen molar-refractivity contribution in [2.45, 2.75) is 53.5 Å². The van der Waals surface area contributed by atoms with Crippen molar-refractivity contribution in [2.24, 2.45) is 11.3 Å². The van der Waals surface area contributed by atoms with Gasteiger partial charge in [0.1, 0.15) is 0 Å². The van der Waals surface area contributed by atoms with Gasteiger partial charge in [-0.1, -0.05) is 41.2 Å². The predicted octanol–water partition coefficient (Wildman–Crippen LogP) is 2.76. The van der Waals surface area contributed by atoms with Gasteiger partial charge in [-0.3, -0.25) is 14.5 Å². The zero-order valence-electron chi connectivity index (χ0n) is 11.5. The summed E-state index contributed by atoms with van der Waals surface area (Å²) in [5.74, 6) is 0.191. The van der Waals surface area contributed by atoms with Crippen molar-refractivity contribution in [1.82, 2.24) is 4.90 Å². The number of carbonyl (C=O) groups excluding carboxylic acids is 2. The Morgan fingerprint density at radius 2 is 2.00 bits per heavy atom. The predicted molar refractivity (Wildman–Crippen MR) is 68.3 cm³/mol. The lowest BCUT2D eigenvalue weighted by atomic mass is 9.93. The van der Waals surface area contributed by atoms with Crippen molar-refractivity contribution in [1.29, 1.82) is 0 Å². The van der Waals surface area contributed by atoms with Gasteiger partial charge < -0.3 is 0 Å². The molecule has 17 heavy (non-hydrogen) atoms. The Bertz CT molecular complexity index is 350. The van der Waals surface area contributed by atoms with Crippen LogP contribution in [0.25, 0.3) is 0 Å². The van der Waals surface area contributed by atoms with E-state index in [1.54, 1.807) is 0 Å². The van der Waals surface area contributed by atoms with Crippen LogP contribution in [0.2, 0.25) is 0 Å². The van der Waals surface area contributed by atoms with E-state index in [9.17, 15) is 9.59 Å². The molecule has 0 spiro atoms. The van der Waals surface area contributed by atoms with E-state index in [2.05, 4.69) is 20.4 Å². The summed E-state index contributed by atoms with van der Waals surface area (Å²) in [6.45, 7) is 13.5. The standard InChI is InChI=1S/C14H23NO2/c1-9(2)7-11-8-10(3)12(16)15(11)13(17)14(4,5)6/h9,11H,3,7-8H2,1-2,4-6H3. The fourth-order valence-corrected chi connectivity index (χ4v) is 2.15. The highest BCUT2D eigenvalue weighted by atomic mass is 16.2. The van der Waals surface area contributed by atoms with Gasteiger partial charge in [0.25, 0.3) is 5.91 Å². The molecule has 1 heterocycles. The molecular weight excluding hydrogens is 214 g/mol. The van der Waals surface area contributed by atoms with Crippen molar-refractivity contribution in [3.8, 4) is 0 Å². The molecule has 1 aliphatic rings. The highest BCUT2D eigenvalue weighted by molar-refractivity contribution is 6.07. The van der Waals surface area contributed by atoms with Gasteiger partial charge in [-0.25, -0.2) is 0 Å². The Kier molecular flexibility index (Phi) is 3.80. The summed E-state index contributed by atoms with van der Waals surface area (Å²) in [7, 11) is 0. The third kappa shape index (κ3) is 2.96. The number of nitrogens with zero attached hydrogens (tertiary/aromatic N) is 1. The fraction of sp³-hybridized carbons (Fsp3) is 0.714. The van der Waals surface area contributed by atoms with Crippen LogP contribution in [0.3, 0.4) is 0 Å². The van der Waals surface area contributed by atoms with Crippen LogP contribution in [0.15, 0.2) is 12.2 Å². The molecule has 1 rings (SSSR count). The van der Waals surface area contributed by atoms with Crippen molar-refractivity contribution in [2.75, 3.05) is 0 Å². The van der Waals surface area contributed by atoms with Crippen molar-refractivity contribution >= 4 is 11.8 Å². The third-order valence-corrected chi connectivity index (χ3v) is 2.97. The van der Waals surface area contributed by atoms with Crippen LogP contribution in [0.1, 0.15) is 47.5 Å². The first kappa shape index (κ1) is 13.9. The second-order valence-corrected chi connectivity index (χ2v) is 6.32. The van der Waals surface area contributed by atoms with Gasteiger partial charge >= 0.3 is 0 Å². The first-order chi connectivity index (χ1) is 7.64. The van der Waals surface area contributed by atoms with Crippen molar-refractivity contribution < 1.29 is 9.59 Å². The second-order valence-electron chi connectivity index (χ2n) is 6.32. The molecule has 0 bridgehead atoms. The van der Waals surface area contributed by atoms with Crippen molar-refractivity contribution in [3.05, 3.63) is 12.2 Å². The first-order valence-corrected chi connectivity index (χ1v) is 6.20. The molecule has 1 fully saturated rings. The van der Waals surface area contributed by atoms with E-state index >= 15 is 0 Å². The quantitative estimate of drug-likeness (QED) is 0.692. The highest BCUT2D eigenvalue weighted by Gasteiger charge is 2.42. The molecule has 1 saturated heterocycles. The van der Waals surface area contributed by atoms with Gasteiger partial charge in [-0.2, -0.15) is 0 Å². The van der Waals surface area contributed by atoms with Gasteiger partial charge in [-0.05, 0) is 18.8 Å². The van der Waals surface area contributed by atoms with E-state index in [4.69, 9.17) is 0 Å². The maximum atomic E-state index is 12.3. The van der Waals surface area contributed by atoms with E-state index in [1.165, 1.54) is 4.90 Å². The Labute approximate surface area is 104 Å². The van der Waals surface area contributed by atoms with Gasteiger partial charge in [0, 0.05) is 17.0 Å². The molecule has 0 aromatic heterocycles. The van der Waals surface area contributed by atoms with Crippen molar-refractivity contribution in [3.63, 3.8) is 0 Å². The lowest BCUT2D eigenvalue weighted by Gasteiger charge is -2.29. The molecule has 1 unspecified atom stereocenters. The Balaban J connectivity index is 2.96. The number of carbonyl (C=O) groups is 2. The average molecular weight is 237 g/mol. The summed E-state index contributed by atoms with van der Waals surface area (Å²) in [6, 6.07) is 0.00160. The van der Waals surface area contributed by atoms with Crippen LogP contribution >= 0.6 is 0 Å². The molecule has 1 aliphatic heterocycles. The number of likely N-dealkylation sites (tertiary alicyclic amines) is 1. The van der Waals surface area contributed by atoms with Gasteiger partial charge in [0.05, 0.1) is 0 Å². The Morgan fingerprint density at radius 1 is 1.47 bits per heavy atom. The summed E-state index contributed by atoms with van der Waals surface area (Å²) < 4.78 is 0. The molecule has 0 radical (unpaired) electrons. The van der Waals surface area contributed by atoms with Crippen LogP contribution in [-0.2, 0) is 9.59 Å². The Morgan fingerprint density at radius 3 is 2.41 bits per heavy atom. The van der Waals surface area contributed by atoms with Crippen LogP contribution in [-0.4, -0.2) is 22.8 Å². The lowest BCUT2D eigenvalue weighted by molar-refractivity contribution is -0.148. The minimum atomic E-state index is -0.518. The highest BCUT2D eigenvalue weighted by Crippen LogP contribution is 2.31. The lowest BCUT2D eigenvalue weighted by Crippen LogP contribution is -2.45. The minimum absolute atomic E-state index is 0.00160. The molecule has 2 amide bonds. The number of amides is 2. The van der Waals surface area contributed by atoms with Crippen LogP contribution in [0.4, 0.5) is 0 Å². The average Bonchev–Trinajstić information content (AvgIpc) is 2.39. The monoisotopic (exact) mass is 237 g/mol. The largest absolute Gasteiger partial charge is 0.275 e. The smallest absolute Gasteiger partial charge is 0.256 e. The molecule has 3 nitrogen and oxygen atoms in total. The van der Waals surface area contributed by atoms with Gasteiger partial charge in [-0.15, -0.1) is 0 Å². The molecule has 1 atom stereocenters. The van der Waals surface area contributed by atoms with E-state index in [0.717, 1.165) is 6.42 Å². The normalized spacial score (nSPS) is 21.5. The summed E-state index contributed by atoms with van der Waals surface area (Å²) in [5.41, 5.74) is 0.0449. The molecule has 0 aromatic rings. The number of imide groups is 1. The van der Waals surface area contributed by atoms with E-state index in [1.807, 2.05) is 20.8 Å². The van der Waals surface area contributed by atoms with Gasteiger partial charge in [0.15, 0.2) is 0 Å². The third-order valence-electron chi connectivity index (χ3n) is 2.97. The summed E-state index contributed by atoms with van der Waals surface area (Å²) in [6.07, 6.45) is 1.48. The first-order valence-electron chi connectivity index (χ1n) is 6.20. The fourth-order valence-electron chi connectivity index (χ4n) is 2.15. The van der Waals surface area contributed by atoms with Crippen LogP contribution in [0.5, 0.6) is 0 Å². The zero-order valence-corrected chi connectivity index (χ0v) is 11.5. The maximum absolute atomic E-state index is 12.3. The molecule has 3 heteroatoms. The second kappa shape index (κ2) is 4.63. The molecular formula is C14H23NO2. The number of hydrogen-bond donors (Lipinski definition) is 0. The summed E-state index contributed by atoms with van der Waals surface area (Å²) >= 11 is 0. The Hall–Kier alpha value is -1.12. The molecule has 0 aromatic carbocycles. The summed E-state index contributed by atoms with van der Waals surface area (Å²) in [4.78, 5) is 25.7. The van der Waals surface area contributed by atoms with E-state index in [-0.39, 0.29) is 17.9 Å². The van der Waals surface area contributed by atoms with Gasteiger partial charge in [0.2, 0.25) is 5.91 Å². The summed E-state index contributed by atoms with van der Waals surface area (Å²) in [5, 5.41) is 0. The van der Waals surface area contributed by atoms with Crippen LogP contribution in [0, 0.1) is 11.3 Å².